The van der Waals surface area contributed by atoms with Crippen molar-refractivity contribution in [3.05, 3.63) is 12.2 Å². The van der Waals surface area contributed by atoms with Gasteiger partial charge in [-0.2, -0.15) is 0 Å². The molecule has 10 nitrogen and oxygen atoms in total. The number of carboxylic acids is 1. The summed E-state index contributed by atoms with van der Waals surface area (Å²) in [6, 6.07) is 0. The van der Waals surface area contributed by atoms with Crippen LogP contribution in [0.25, 0.3) is 0 Å². The third-order valence-corrected chi connectivity index (χ3v) is 4.84. The van der Waals surface area contributed by atoms with Gasteiger partial charge in [0.15, 0.2) is 0 Å². The minimum Gasteiger partial charge on any atom is -0.478 e. The van der Waals surface area contributed by atoms with Gasteiger partial charge in [0.05, 0.1) is 72.7 Å². The molecule has 0 unspecified atom stereocenters. The van der Waals surface area contributed by atoms with E-state index >= 15 is 0 Å². The molecule has 0 saturated heterocycles. The van der Waals surface area contributed by atoms with E-state index in [2.05, 4.69) is 6.92 Å². The molecule has 0 heterocycles. The number of esters is 1. The van der Waals surface area contributed by atoms with Crippen LogP contribution in [-0.2, 0) is 42.7 Å². The van der Waals surface area contributed by atoms with Gasteiger partial charge in [-0.15, -0.1) is 0 Å². The Morgan fingerprint density at radius 1 is 0.500 bits per heavy atom. The molecule has 212 valence electrons. The second-order valence-corrected chi connectivity index (χ2v) is 7.99. The second kappa shape index (κ2) is 29.7. The summed E-state index contributed by atoms with van der Waals surface area (Å²) in [7, 11) is 0. The summed E-state index contributed by atoms with van der Waals surface area (Å²) in [5.74, 6) is -1.93. The quantitative estimate of drug-likeness (QED) is 0.0893. The van der Waals surface area contributed by atoms with Crippen molar-refractivity contribution in [2.24, 2.45) is 0 Å². The third kappa shape index (κ3) is 30.5. The average molecular weight is 521 g/mol. The summed E-state index contributed by atoms with van der Waals surface area (Å²) in [6.07, 6.45) is 12.0. The molecule has 10 heteroatoms. The minimum atomic E-state index is -1.21. The highest BCUT2D eigenvalue weighted by atomic mass is 16.6. The largest absolute Gasteiger partial charge is 0.478 e. The number of ether oxygens (including phenoxy) is 7. The van der Waals surface area contributed by atoms with Gasteiger partial charge in [0, 0.05) is 18.8 Å². The third-order valence-electron chi connectivity index (χ3n) is 4.84. The second-order valence-electron chi connectivity index (χ2n) is 7.99. The summed E-state index contributed by atoms with van der Waals surface area (Å²) >= 11 is 0. The highest BCUT2D eigenvalue weighted by Gasteiger charge is 1.99. The molecule has 0 aromatic carbocycles. The lowest BCUT2D eigenvalue weighted by molar-refractivity contribution is -0.140. The zero-order valence-corrected chi connectivity index (χ0v) is 22.1. The Labute approximate surface area is 216 Å². The lowest BCUT2D eigenvalue weighted by Crippen LogP contribution is -2.15. The highest BCUT2D eigenvalue weighted by Crippen LogP contribution is 2.08. The van der Waals surface area contributed by atoms with Crippen molar-refractivity contribution in [3.8, 4) is 0 Å². The lowest BCUT2D eigenvalue weighted by Gasteiger charge is -2.08. The van der Waals surface area contributed by atoms with Crippen LogP contribution >= 0.6 is 0 Å². The van der Waals surface area contributed by atoms with Crippen LogP contribution in [0.2, 0.25) is 0 Å². The molecule has 0 bridgehead atoms. The molecular formula is C26H48O10. The monoisotopic (exact) mass is 520 g/mol. The van der Waals surface area contributed by atoms with E-state index in [1.807, 2.05) is 0 Å². The molecule has 0 radical (unpaired) electrons. The summed E-state index contributed by atoms with van der Waals surface area (Å²) in [5, 5.41) is 8.38. The van der Waals surface area contributed by atoms with E-state index in [-0.39, 0.29) is 13.2 Å². The summed E-state index contributed by atoms with van der Waals surface area (Å²) in [6.45, 7) is 8.26. The highest BCUT2D eigenvalue weighted by molar-refractivity contribution is 5.90. The molecule has 0 aromatic rings. The molecule has 0 amide bonds. The van der Waals surface area contributed by atoms with Gasteiger partial charge in [0.25, 0.3) is 0 Å². The van der Waals surface area contributed by atoms with Crippen LogP contribution in [0, 0.1) is 0 Å². The molecule has 0 aliphatic rings. The van der Waals surface area contributed by atoms with Crippen LogP contribution in [0.1, 0.15) is 58.3 Å². The SMILES string of the molecule is CCCCCCCCCCOCCOCCOCCOCCOCCOCCOC(=O)/C=C/C(=O)O. The first kappa shape index (κ1) is 34.4. The standard InChI is InChI=1S/C26H48O10/c1-2-3-4-5-6-7-8-9-12-30-13-14-31-15-16-32-17-18-33-19-20-34-21-22-35-23-24-36-26(29)11-10-25(27)28/h10-11H,2-9,12-24H2,1H3,(H,27,28)/b11-10+. The van der Waals surface area contributed by atoms with E-state index in [9.17, 15) is 9.59 Å². The van der Waals surface area contributed by atoms with Crippen LogP contribution in [0.5, 0.6) is 0 Å². The van der Waals surface area contributed by atoms with E-state index < -0.39 is 11.9 Å². The summed E-state index contributed by atoms with van der Waals surface area (Å²) in [4.78, 5) is 21.3. The fourth-order valence-electron chi connectivity index (χ4n) is 2.93. The number of unbranched alkanes of at least 4 members (excludes halogenated alkanes) is 7. The normalized spacial score (nSPS) is 11.4. The molecule has 0 spiro atoms. The zero-order valence-electron chi connectivity index (χ0n) is 22.1. The molecule has 0 aliphatic carbocycles. The molecule has 0 atom stereocenters. The summed E-state index contributed by atoms with van der Waals surface area (Å²) < 4.78 is 37.3. The van der Waals surface area contributed by atoms with E-state index in [0.717, 1.165) is 25.2 Å². The van der Waals surface area contributed by atoms with Crippen molar-refractivity contribution in [1.29, 1.82) is 0 Å². The summed E-state index contributed by atoms with van der Waals surface area (Å²) in [5.41, 5.74) is 0. The van der Waals surface area contributed by atoms with Gasteiger partial charge < -0.3 is 38.3 Å². The first-order valence-electron chi connectivity index (χ1n) is 13.2. The van der Waals surface area contributed by atoms with Crippen molar-refractivity contribution in [2.45, 2.75) is 58.3 Å². The Morgan fingerprint density at radius 3 is 1.28 bits per heavy atom. The maximum atomic E-state index is 11.1. The van der Waals surface area contributed by atoms with Gasteiger partial charge in [-0.25, -0.2) is 9.59 Å². The number of rotatable bonds is 29. The van der Waals surface area contributed by atoms with Gasteiger partial charge in [-0.1, -0.05) is 51.9 Å². The fraction of sp³-hybridized carbons (Fsp3) is 0.846. The first-order chi connectivity index (χ1) is 17.7. The van der Waals surface area contributed by atoms with Crippen molar-refractivity contribution in [1.82, 2.24) is 0 Å². The lowest BCUT2D eigenvalue weighted by atomic mass is 10.1. The molecule has 0 rings (SSSR count). The predicted octanol–water partition coefficient (Wildman–Crippen LogP) is 3.41. The van der Waals surface area contributed by atoms with Gasteiger partial charge in [0.1, 0.15) is 6.61 Å². The smallest absolute Gasteiger partial charge is 0.331 e. The Morgan fingerprint density at radius 2 is 0.861 bits per heavy atom. The topological polar surface area (TPSA) is 119 Å². The van der Waals surface area contributed by atoms with Gasteiger partial charge in [-0.05, 0) is 6.42 Å². The van der Waals surface area contributed by atoms with Gasteiger partial charge >= 0.3 is 11.9 Å². The molecule has 0 saturated carbocycles. The Bertz CT molecular complexity index is 513. The number of carbonyl (C=O) groups excluding carboxylic acids is 1. The van der Waals surface area contributed by atoms with E-state index in [1.165, 1.54) is 44.9 Å². The maximum absolute atomic E-state index is 11.1. The molecular weight excluding hydrogens is 472 g/mol. The Hall–Kier alpha value is -1.56. The molecule has 36 heavy (non-hydrogen) atoms. The number of carbonyl (C=O) groups is 2. The fourth-order valence-corrected chi connectivity index (χ4v) is 2.93. The number of carboxylic acid groups (broad SMARTS) is 1. The van der Waals surface area contributed by atoms with E-state index in [0.29, 0.717) is 66.1 Å². The van der Waals surface area contributed by atoms with E-state index in [1.54, 1.807) is 0 Å². The van der Waals surface area contributed by atoms with Crippen LogP contribution in [0.15, 0.2) is 12.2 Å². The molecule has 0 aromatic heterocycles. The minimum absolute atomic E-state index is 0.0457. The van der Waals surface area contributed by atoms with Crippen molar-refractivity contribution < 1.29 is 47.9 Å². The van der Waals surface area contributed by atoms with Crippen LogP contribution in [0.4, 0.5) is 0 Å². The first-order valence-corrected chi connectivity index (χ1v) is 13.2. The zero-order chi connectivity index (χ0) is 26.4. The van der Waals surface area contributed by atoms with Crippen molar-refractivity contribution in [3.63, 3.8) is 0 Å². The number of hydrogen-bond acceptors (Lipinski definition) is 9. The van der Waals surface area contributed by atoms with Crippen molar-refractivity contribution in [2.75, 3.05) is 85.9 Å². The number of aliphatic carboxylic acids is 1. The molecule has 1 N–H and O–H groups in total. The molecule has 0 aliphatic heterocycles. The van der Waals surface area contributed by atoms with Crippen LogP contribution in [-0.4, -0.2) is 103 Å². The molecule has 0 fully saturated rings. The number of hydrogen-bond donors (Lipinski definition) is 1. The Kier molecular flexibility index (Phi) is 28.4. The van der Waals surface area contributed by atoms with Crippen LogP contribution < -0.4 is 0 Å². The van der Waals surface area contributed by atoms with E-state index in [4.69, 9.17) is 38.3 Å². The van der Waals surface area contributed by atoms with Gasteiger partial charge in [0.2, 0.25) is 0 Å². The van der Waals surface area contributed by atoms with Gasteiger partial charge in [-0.3, -0.25) is 0 Å². The van der Waals surface area contributed by atoms with Crippen LogP contribution in [0.3, 0.4) is 0 Å². The van der Waals surface area contributed by atoms with Crippen molar-refractivity contribution >= 4 is 11.9 Å². The Balaban J connectivity index is 3.10. The predicted molar refractivity (Wildman–Crippen MR) is 135 cm³/mol. The average Bonchev–Trinajstić information content (AvgIpc) is 2.87. The maximum Gasteiger partial charge on any atom is 0.331 e.